The number of imidazole rings is 1. The van der Waals surface area contributed by atoms with Gasteiger partial charge >= 0.3 is 5.69 Å². The second kappa shape index (κ2) is 6.85. The van der Waals surface area contributed by atoms with Gasteiger partial charge in [0.25, 0.3) is 0 Å². The second-order valence-corrected chi connectivity index (χ2v) is 6.05. The number of rotatable bonds is 5. The molecule has 0 spiro atoms. The number of para-hydroxylation sites is 2. The predicted molar refractivity (Wildman–Crippen MR) is 90.0 cm³/mol. The number of piperidine rings is 1. The van der Waals surface area contributed by atoms with E-state index in [4.69, 9.17) is 6.42 Å². The van der Waals surface area contributed by atoms with Gasteiger partial charge in [0.1, 0.15) is 0 Å². The minimum Gasteiger partial charge on any atom is -0.306 e. The van der Waals surface area contributed by atoms with Crippen molar-refractivity contribution in [1.82, 2.24) is 14.5 Å². The van der Waals surface area contributed by atoms with Gasteiger partial charge in [-0.25, -0.2) is 4.79 Å². The number of H-pyrrole nitrogens is 1. The van der Waals surface area contributed by atoms with E-state index in [9.17, 15) is 4.79 Å². The first-order chi connectivity index (χ1) is 10.8. The van der Waals surface area contributed by atoms with E-state index in [2.05, 4.69) is 15.8 Å². The van der Waals surface area contributed by atoms with Crippen LogP contribution in [0.3, 0.4) is 0 Å². The van der Waals surface area contributed by atoms with Crippen molar-refractivity contribution in [3.05, 3.63) is 34.7 Å². The molecule has 0 unspecified atom stereocenters. The van der Waals surface area contributed by atoms with Crippen LogP contribution < -0.4 is 5.69 Å². The highest BCUT2D eigenvalue weighted by molar-refractivity contribution is 5.75. The smallest absolute Gasteiger partial charge is 0.306 e. The van der Waals surface area contributed by atoms with E-state index in [1.54, 1.807) is 0 Å². The quantitative estimate of drug-likeness (QED) is 0.681. The molecule has 1 aliphatic rings. The lowest BCUT2D eigenvalue weighted by Gasteiger charge is -2.32. The largest absolute Gasteiger partial charge is 0.326 e. The number of unbranched alkanes of at least 4 members (excludes halogenated alkanes) is 2. The number of benzene rings is 1. The third-order valence-electron chi connectivity index (χ3n) is 4.59. The molecular formula is C18H23N3O. The minimum atomic E-state index is 0.0219. The molecule has 1 saturated heterocycles. The van der Waals surface area contributed by atoms with Gasteiger partial charge in [-0.05, 0) is 44.4 Å². The van der Waals surface area contributed by atoms with E-state index in [0.717, 1.165) is 56.4 Å². The standard InChI is InChI=1S/C18H23N3O/c1-2-3-4-7-12-20-13-10-15(11-14-20)21-17-9-6-5-8-16(17)19-18(21)22/h1,5-6,8-9,15H,3-4,7,10-14H2,(H,19,22). The highest BCUT2D eigenvalue weighted by atomic mass is 16.1. The Hall–Kier alpha value is -1.99. The number of nitrogens with zero attached hydrogens (tertiary/aromatic N) is 2. The van der Waals surface area contributed by atoms with E-state index in [1.165, 1.54) is 6.42 Å². The van der Waals surface area contributed by atoms with Gasteiger partial charge in [-0.3, -0.25) is 4.57 Å². The SMILES string of the molecule is C#CCCCCN1CCC(n2c(=O)[nH]c3ccccc32)CC1. The third kappa shape index (κ3) is 3.10. The van der Waals surface area contributed by atoms with Crippen LogP contribution in [0.5, 0.6) is 0 Å². The van der Waals surface area contributed by atoms with Crippen LogP contribution >= 0.6 is 0 Å². The van der Waals surface area contributed by atoms with Crippen LogP contribution in [-0.2, 0) is 0 Å². The van der Waals surface area contributed by atoms with Crippen LogP contribution in [0.25, 0.3) is 11.0 Å². The van der Waals surface area contributed by atoms with Gasteiger partial charge < -0.3 is 9.88 Å². The van der Waals surface area contributed by atoms with E-state index >= 15 is 0 Å². The van der Waals surface area contributed by atoms with Crippen LogP contribution in [0.4, 0.5) is 0 Å². The average Bonchev–Trinajstić information content (AvgIpc) is 2.88. The number of hydrogen-bond acceptors (Lipinski definition) is 2. The number of terminal acetylenes is 1. The summed E-state index contributed by atoms with van der Waals surface area (Å²) in [5, 5.41) is 0. The van der Waals surface area contributed by atoms with Crippen LogP contribution in [0.15, 0.2) is 29.1 Å². The molecule has 3 rings (SSSR count). The van der Waals surface area contributed by atoms with Crippen molar-refractivity contribution in [2.75, 3.05) is 19.6 Å². The maximum Gasteiger partial charge on any atom is 0.326 e. The zero-order valence-corrected chi connectivity index (χ0v) is 12.9. The molecule has 1 aromatic carbocycles. The second-order valence-electron chi connectivity index (χ2n) is 6.05. The molecule has 2 aromatic rings. The maximum atomic E-state index is 12.2. The van der Waals surface area contributed by atoms with Crippen LogP contribution in [0, 0.1) is 12.3 Å². The molecule has 4 heteroatoms. The van der Waals surface area contributed by atoms with E-state index in [-0.39, 0.29) is 5.69 Å². The van der Waals surface area contributed by atoms with Gasteiger partial charge in [0.05, 0.1) is 11.0 Å². The normalized spacial score (nSPS) is 16.9. The van der Waals surface area contributed by atoms with Gasteiger partial charge in [-0.2, -0.15) is 0 Å². The molecule has 0 bridgehead atoms. The van der Waals surface area contributed by atoms with Crippen molar-refractivity contribution in [2.24, 2.45) is 0 Å². The molecule has 0 radical (unpaired) electrons. The molecule has 1 fully saturated rings. The van der Waals surface area contributed by atoms with Crippen molar-refractivity contribution in [2.45, 2.75) is 38.1 Å². The number of aromatic nitrogens is 2. The lowest BCUT2D eigenvalue weighted by molar-refractivity contribution is 0.184. The third-order valence-corrected chi connectivity index (χ3v) is 4.59. The fourth-order valence-corrected chi connectivity index (χ4v) is 3.40. The predicted octanol–water partition coefficient (Wildman–Crippen LogP) is 2.77. The molecule has 0 aliphatic carbocycles. The zero-order valence-electron chi connectivity index (χ0n) is 12.9. The molecule has 0 saturated carbocycles. The Kier molecular flexibility index (Phi) is 4.65. The summed E-state index contributed by atoms with van der Waals surface area (Å²) in [4.78, 5) is 17.7. The fourth-order valence-electron chi connectivity index (χ4n) is 3.40. The van der Waals surface area contributed by atoms with Crippen LogP contribution in [0.2, 0.25) is 0 Å². The Morgan fingerprint density at radius 2 is 2.00 bits per heavy atom. The van der Waals surface area contributed by atoms with Crippen LogP contribution in [-0.4, -0.2) is 34.1 Å². The van der Waals surface area contributed by atoms with Gasteiger partial charge in [-0.1, -0.05) is 12.1 Å². The van der Waals surface area contributed by atoms with Crippen molar-refractivity contribution in [3.8, 4) is 12.3 Å². The molecule has 0 amide bonds. The Labute approximate surface area is 131 Å². The Morgan fingerprint density at radius 1 is 1.23 bits per heavy atom. The van der Waals surface area contributed by atoms with Gasteiger partial charge in [0.15, 0.2) is 0 Å². The summed E-state index contributed by atoms with van der Waals surface area (Å²) in [7, 11) is 0. The first-order valence-corrected chi connectivity index (χ1v) is 8.14. The summed E-state index contributed by atoms with van der Waals surface area (Å²) in [5.41, 5.74) is 1.98. The minimum absolute atomic E-state index is 0.0219. The molecule has 2 heterocycles. The molecule has 4 nitrogen and oxygen atoms in total. The fraction of sp³-hybridized carbons (Fsp3) is 0.500. The molecule has 1 aliphatic heterocycles. The first-order valence-electron chi connectivity index (χ1n) is 8.14. The number of aromatic amines is 1. The lowest BCUT2D eigenvalue weighted by atomic mass is 10.0. The molecular weight excluding hydrogens is 274 g/mol. The zero-order chi connectivity index (χ0) is 15.4. The van der Waals surface area contributed by atoms with E-state index in [0.29, 0.717) is 6.04 Å². The Balaban J connectivity index is 1.62. The number of nitrogens with one attached hydrogen (secondary N) is 1. The highest BCUT2D eigenvalue weighted by Crippen LogP contribution is 2.24. The van der Waals surface area contributed by atoms with Crippen molar-refractivity contribution < 1.29 is 0 Å². The van der Waals surface area contributed by atoms with Crippen LogP contribution in [0.1, 0.15) is 38.1 Å². The summed E-state index contributed by atoms with van der Waals surface area (Å²) >= 11 is 0. The molecule has 0 atom stereocenters. The summed E-state index contributed by atoms with van der Waals surface area (Å²) in [6.45, 7) is 3.25. The maximum absolute atomic E-state index is 12.2. The molecule has 1 aromatic heterocycles. The number of likely N-dealkylation sites (tertiary alicyclic amines) is 1. The lowest BCUT2D eigenvalue weighted by Crippen LogP contribution is -2.37. The summed E-state index contributed by atoms with van der Waals surface area (Å²) in [6, 6.07) is 8.26. The monoisotopic (exact) mass is 297 g/mol. The van der Waals surface area contributed by atoms with E-state index in [1.807, 2.05) is 28.8 Å². The number of hydrogen-bond donors (Lipinski definition) is 1. The van der Waals surface area contributed by atoms with Gasteiger partial charge in [0, 0.05) is 25.6 Å². The molecule has 1 N–H and O–H groups in total. The Bertz CT molecular complexity index is 714. The Morgan fingerprint density at radius 3 is 2.77 bits per heavy atom. The van der Waals surface area contributed by atoms with E-state index < -0.39 is 0 Å². The summed E-state index contributed by atoms with van der Waals surface area (Å²) in [5.74, 6) is 2.69. The highest BCUT2D eigenvalue weighted by Gasteiger charge is 2.23. The van der Waals surface area contributed by atoms with Gasteiger partial charge in [0.2, 0.25) is 0 Å². The van der Waals surface area contributed by atoms with Crippen molar-refractivity contribution in [3.63, 3.8) is 0 Å². The summed E-state index contributed by atoms with van der Waals surface area (Å²) in [6.07, 6.45) is 10.5. The topological polar surface area (TPSA) is 41.0 Å². The van der Waals surface area contributed by atoms with Crippen molar-refractivity contribution >= 4 is 11.0 Å². The average molecular weight is 297 g/mol. The molecule has 116 valence electrons. The van der Waals surface area contributed by atoms with Gasteiger partial charge in [-0.15, -0.1) is 12.3 Å². The molecule has 22 heavy (non-hydrogen) atoms. The number of fused-ring (bicyclic) bond motifs is 1. The van der Waals surface area contributed by atoms with Crippen molar-refractivity contribution in [1.29, 1.82) is 0 Å². The summed E-state index contributed by atoms with van der Waals surface area (Å²) < 4.78 is 1.95. The first kappa shape index (κ1) is 14.9.